The van der Waals surface area contributed by atoms with Crippen molar-refractivity contribution in [2.45, 2.75) is 77.2 Å². The Balaban J connectivity index is 1.30. The van der Waals surface area contributed by atoms with Crippen LogP contribution in [0.1, 0.15) is 67.7 Å². The van der Waals surface area contributed by atoms with Crippen molar-refractivity contribution in [3.63, 3.8) is 0 Å². The molecular weight excluding hydrogens is 499 g/mol. The number of rotatable bonds is 11. The van der Waals surface area contributed by atoms with Crippen LogP contribution in [0.15, 0.2) is 48.5 Å². The number of hydrogen-bond donors (Lipinski definition) is 0. The van der Waals surface area contributed by atoms with Gasteiger partial charge in [-0.15, -0.1) is 0 Å². The van der Waals surface area contributed by atoms with E-state index in [1.165, 1.54) is 31.7 Å². The van der Waals surface area contributed by atoms with Crippen LogP contribution in [0.2, 0.25) is 0 Å². The number of aryl methyl sites for hydroxylation is 3. The van der Waals surface area contributed by atoms with Crippen LogP contribution in [0, 0.1) is 17.6 Å². The van der Waals surface area contributed by atoms with Gasteiger partial charge in [0.15, 0.2) is 6.29 Å². The second-order valence-electron chi connectivity index (χ2n) is 10.3. The molecule has 2 nitrogen and oxygen atoms in total. The van der Waals surface area contributed by atoms with Gasteiger partial charge in [-0.3, -0.25) is 0 Å². The first-order chi connectivity index (χ1) is 18.2. The van der Waals surface area contributed by atoms with Crippen LogP contribution in [-0.2, 0) is 34.9 Å². The third kappa shape index (κ3) is 7.54. The van der Waals surface area contributed by atoms with E-state index in [9.17, 15) is 17.6 Å². The summed E-state index contributed by atoms with van der Waals surface area (Å²) in [7, 11) is 0. The summed E-state index contributed by atoms with van der Waals surface area (Å²) >= 11 is 0. The third-order valence-corrected chi connectivity index (χ3v) is 7.29. The zero-order chi connectivity index (χ0) is 27.1. The van der Waals surface area contributed by atoms with E-state index in [4.69, 9.17) is 9.47 Å². The Labute approximate surface area is 221 Å². The number of fused-ring (bicyclic) bond motifs is 1. The summed E-state index contributed by atoms with van der Waals surface area (Å²) in [6.45, 7) is 3.68. The summed E-state index contributed by atoms with van der Waals surface area (Å²) in [4.78, 5) is 0. The van der Waals surface area contributed by atoms with Crippen molar-refractivity contribution in [2.75, 3.05) is 13.2 Å². The highest BCUT2D eigenvalue weighted by Gasteiger charge is 2.33. The smallest absolute Gasteiger partial charge is 0.352 e. The molecule has 7 heteroatoms. The summed E-state index contributed by atoms with van der Waals surface area (Å²) in [5.74, 6) is -1.20. The van der Waals surface area contributed by atoms with Crippen molar-refractivity contribution < 1.29 is 31.4 Å². The summed E-state index contributed by atoms with van der Waals surface area (Å²) in [5.41, 5.74) is 0.607. The Morgan fingerprint density at radius 2 is 1.53 bits per heavy atom. The molecule has 0 unspecified atom stereocenters. The minimum Gasteiger partial charge on any atom is -0.352 e. The molecule has 1 fully saturated rings. The maximum atomic E-state index is 15.2. The predicted molar refractivity (Wildman–Crippen MR) is 139 cm³/mol. The average Bonchev–Trinajstić information content (AvgIpc) is 2.89. The van der Waals surface area contributed by atoms with Crippen molar-refractivity contribution in [1.82, 2.24) is 0 Å². The normalized spacial score (nSPS) is 18.3. The lowest BCUT2D eigenvalue weighted by atomic mass is 9.97. The van der Waals surface area contributed by atoms with Crippen LogP contribution in [0.3, 0.4) is 0 Å². The average molecular weight is 535 g/mol. The Bertz CT molecular complexity index is 1200. The van der Waals surface area contributed by atoms with Crippen molar-refractivity contribution >= 4 is 10.8 Å². The third-order valence-electron chi connectivity index (χ3n) is 7.29. The number of benzene rings is 3. The molecule has 0 spiro atoms. The molecule has 3 aromatic rings. The largest absolute Gasteiger partial charge is 0.419 e. The van der Waals surface area contributed by atoms with Crippen molar-refractivity contribution in [3.05, 3.63) is 82.4 Å². The van der Waals surface area contributed by atoms with Gasteiger partial charge in [0.05, 0.1) is 18.8 Å². The number of halogens is 5. The van der Waals surface area contributed by atoms with E-state index < -0.39 is 17.6 Å². The first-order valence-corrected chi connectivity index (χ1v) is 13.5. The van der Waals surface area contributed by atoms with Gasteiger partial charge in [-0.25, -0.2) is 8.78 Å². The number of hydrogen-bond acceptors (Lipinski definition) is 2. The molecule has 0 aromatic heterocycles. The number of alkyl halides is 3. The molecule has 0 saturated carbocycles. The van der Waals surface area contributed by atoms with Crippen LogP contribution in [0.5, 0.6) is 0 Å². The molecule has 1 aliphatic rings. The molecule has 1 heterocycles. The van der Waals surface area contributed by atoms with Crippen LogP contribution in [-0.4, -0.2) is 19.5 Å². The fraction of sp³-hybridized carbons (Fsp3) is 0.484. The van der Waals surface area contributed by atoms with Gasteiger partial charge < -0.3 is 9.47 Å². The lowest BCUT2D eigenvalue weighted by Gasteiger charge is -2.29. The predicted octanol–water partition coefficient (Wildman–Crippen LogP) is 8.81. The molecule has 1 aliphatic heterocycles. The molecule has 3 aromatic carbocycles. The molecule has 0 bridgehead atoms. The van der Waals surface area contributed by atoms with Crippen molar-refractivity contribution in [1.29, 1.82) is 0 Å². The van der Waals surface area contributed by atoms with Gasteiger partial charge in [0.2, 0.25) is 0 Å². The second kappa shape index (κ2) is 13.0. The van der Waals surface area contributed by atoms with Crippen LogP contribution >= 0.6 is 0 Å². The van der Waals surface area contributed by atoms with E-state index in [-0.39, 0.29) is 24.9 Å². The zero-order valence-corrected chi connectivity index (χ0v) is 21.8. The van der Waals surface area contributed by atoms with Gasteiger partial charge in [0.1, 0.15) is 11.6 Å². The lowest BCUT2D eigenvalue weighted by Crippen LogP contribution is -2.32. The molecule has 38 heavy (non-hydrogen) atoms. The fourth-order valence-electron chi connectivity index (χ4n) is 5.02. The van der Waals surface area contributed by atoms with E-state index in [0.717, 1.165) is 55.6 Å². The Hall–Kier alpha value is -2.51. The lowest BCUT2D eigenvalue weighted by molar-refractivity contribution is -0.203. The second-order valence-corrected chi connectivity index (χ2v) is 10.3. The quantitative estimate of drug-likeness (QED) is 0.181. The molecule has 0 atom stereocenters. The molecule has 0 radical (unpaired) electrons. The van der Waals surface area contributed by atoms with Crippen LogP contribution in [0.4, 0.5) is 22.0 Å². The molecule has 1 saturated heterocycles. The van der Waals surface area contributed by atoms with Crippen LogP contribution in [0.25, 0.3) is 10.8 Å². The van der Waals surface area contributed by atoms with Gasteiger partial charge in [-0.1, -0.05) is 69.0 Å². The Morgan fingerprint density at radius 1 is 0.789 bits per heavy atom. The number of unbranched alkanes of at least 4 members (excludes halogenated alkanes) is 3. The molecule has 0 aliphatic carbocycles. The van der Waals surface area contributed by atoms with E-state index in [2.05, 4.69) is 6.92 Å². The topological polar surface area (TPSA) is 18.5 Å². The SMILES string of the molecule is CCCCCCC1COC(CCc2ccc3c(F)c(CCc4ccc(C(F)(F)F)c(F)c4)ccc3c2)OC1. The maximum Gasteiger partial charge on any atom is 0.419 e. The Morgan fingerprint density at radius 3 is 2.24 bits per heavy atom. The maximum absolute atomic E-state index is 15.2. The van der Waals surface area contributed by atoms with E-state index >= 15 is 4.39 Å². The summed E-state index contributed by atoms with van der Waals surface area (Å²) in [5, 5.41) is 1.27. The minimum atomic E-state index is -4.74. The highest BCUT2D eigenvalue weighted by molar-refractivity contribution is 5.84. The highest BCUT2D eigenvalue weighted by Crippen LogP contribution is 2.32. The first kappa shape index (κ1) is 28.5. The van der Waals surface area contributed by atoms with Crippen LogP contribution < -0.4 is 0 Å². The van der Waals surface area contributed by atoms with Gasteiger partial charge in [-0.2, -0.15) is 13.2 Å². The molecule has 0 amide bonds. The molecule has 206 valence electrons. The van der Waals surface area contributed by atoms with Gasteiger partial charge >= 0.3 is 6.18 Å². The van der Waals surface area contributed by atoms with Gasteiger partial charge in [0.25, 0.3) is 0 Å². The standard InChI is InChI=1S/C31H35F5O2/c1-2-3-4-5-6-23-19-37-29(38-20-23)16-10-21-8-14-26-25(17-21)13-12-24(30(26)33)11-7-22-9-15-27(28(32)18-22)31(34,35)36/h8-9,12-15,17-18,23,29H,2-7,10-11,16,19-20H2,1H3. The first-order valence-electron chi connectivity index (χ1n) is 13.5. The summed E-state index contributed by atoms with van der Waals surface area (Å²) in [6.07, 6.45) is 3.16. The molecular formula is C31H35F5O2. The zero-order valence-electron chi connectivity index (χ0n) is 21.8. The minimum absolute atomic E-state index is 0.216. The fourth-order valence-corrected chi connectivity index (χ4v) is 5.02. The van der Waals surface area contributed by atoms with E-state index in [0.29, 0.717) is 22.4 Å². The summed E-state index contributed by atoms with van der Waals surface area (Å²) < 4.78 is 79.2. The summed E-state index contributed by atoms with van der Waals surface area (Å²) in [6, 6.07) is 12.0. The number of ether oxygens (including phenoxy) is 2. The Kier molecular flexibility index (Phi) is 9.77. The van der Waals surface area contributed by atoms with E-state index in [1.807, 2.05) is 18.2 Å². The molecule has 4 rings (SSSR count). The van der Waals surface area contributed by atoms with E-state index in [1.54, 1.807) is 12.1 Å². The monoisotopic (exact) mass is 534 g/mol. The molecule has 0 N–H and O–H groups in total. The van der Waals surface area contributed by atoms with Crippen molar-refractivity contribution in [3.8, 4) is 0 Å². The van der Waals surface area contributed by atoms with Gasteiger partial charge in [-0.05, 0) is 59.9 Å². The van der Waals surface area contributed by atoms with Crippen molar-refractivity contribution in [2.24, 2.45) is 5.92 Å². The highest BCUT2D eigenvalue weighted by atomic mass is 19.4. The van der Waals surface area contributed by atoms with Gasteiger partial charge in [0, 0.05) is 17.7 Å².